The van der Waals surface area contributed by atoms with Crippen molar-refractivity contribution in [2.75, 3.05) is 7.11 Å². The molecule has 0 amide bonds. The summed E-state index contributed by atoms with van der Waals surface area (Å²) in [5.74, 6) is 0.894. The van der Waals surface area contributed by atoms with Crippen molar-refractivity contribution >= 4 is 10.3 Å². The highest BCUT2D eigenvalue weighted by molar-refractivity contribution is 7.84. The Morgan fingerprint density at radius 3 is 2.00 bits per heavy atom. The van der Waals surface area contributed by atoms with E-state index in [1.807, 2.05) is 0 Å². The van der Waals surface area contributed by atoms with Crippen LogP contribution in [0.5, 0.6) is 11.5 Å². The molecule has 1 rings (SSSR count). The summed E-state index contributed by atoms with van der Waals surface area (Å²) in [6.45, 7) is 3.59. The topological polar surface area (TPSA) is 78.6 Å². The van der Waals surface area contributed by atoms with Crippen LogP contribution in [0.1, 0.15) is 11.1 Å². The zero-order valence-corrected chi connectivity index (χ0v) is 9.59. The first-order chi connectivity index (χ1) is 6.83. The second kappa shape index (κ2) is 4.08. The Balaban J connectivity index is 3.15. The number of benzene rings is 1. The normalized spacial score (nSPS) is 11.2. The summed E-state index contributed by atoms with van der Waals surface area (Å²) in [7, 11) is -2.42. The molecule has 1 aromatic carbocycles. The maximum absolute atomic E-state index is 10.7. The van der Waals surface area contributed by atoms with Crippen LogP contribution in [-0.2, 0) is 10.3 Å². The third kappa shape index (κ3) is 3.10. The largest absolute Gasteiger partial charge is 0.496 e. The van der Waals surface area contributed by atoms with Crippen molar-refractivity contribution in [2.45, 2.75) is 13.8 Å². The summed E-state index contributed by atoms with van der Waals surface area (Å²) in [6, 6.07) is 3.10. The van der Waals surface area contributed by atoms with Gasteiger partial charge in [0.25, 0.3) is 0 Å². The molecule has 0 aliphatic rings. The monoisotopic (exact) mass is 231 g/mol. The number of hydrogen-bond donors (Lipinski definition) is 1. The van der Waals surface area contributed by atoms with Crippen LogP contribution in [0.15, 0.2) is 12.1 Å². The van der Waals surface area contributed by atoms with Crippen LogP contribution >= 0.6 is 0 Å². The molecule has 0 aliphatic carbocycles. The molecule has 84 valence electrons. The number of hydrogen-bond acceptors (Lipinski definition) is 4. The molecule has 5 nitrogen and oxygen atoms in total. The van der Waals surface area contributed by atoms with E-state index in [2.05, 4.69) is 4.18 Å². The first-order valence-corrected chi connectivity index (χ1v) is 5.68. The Morgan fingerprint density at radius 2 is 1.67 bits per heavy atom. The Bertz CT molecular complexity index is 444. The average molecular weight is 231 g/mol. The van der Waals surface area contributed by atoms with Gasteiger partial charge in [-0.3, -0.25) is 0 Å². The molecule has 0 unspecified atom stereocenters. The van der Waals surface area contributed by atoms with Crippen LogP contribution < -0.4 is 14.1 Å². The molecule has 15 heavy (non-hydrogen) atoms. The molecular weight excluding hydrogens is 218 g/mol. The van der Waals surface area contributed by atoms with E-state index in [1.165, 1.54) is 0 Å². The summed E-state index contributed by atoms with van der Waals surface area (Å²) in [4.78, 5) is 0. The summed E-state index contributed by atoms with van der Waals surface area (Å²) in [5, 5.41) is 4.76. The fraction of sp³-hybridized carbons (Fsp3) is 0.333. The quantitative estimate of drug-likeness (QED) is 0.838. The number of methoxy groups -OCH3 is 1. The smallest absolute Gasteiger partial charge is 0.380 e. The maximum Gasteiger partial charge on any atom is 0.380 e. The zero-order valence-electron chi connectivity index (χ0n) is 8.77. The Morgan fingerprint density at radius 1 is 1.20 bits per heavy atom. The van der Waals surface area contributed by atoms with Gasteiger partial charge >= 0.3 is 10.3 Å². The van der Waals surface area contributed by atoms with Crippen molar-refractivity contribution < 1.29 is 17.3 Å². The van der Waals surface area contributed by atoms with E-state index in [0.29, 0.717) is 5.75 Å². The van der Waals surface area contributed by atoms with Crippen molar-refractivity contribution in [3.8, 4) is 11.5 Å². The molecule has 0 atom stereocenters. The second-order valence-electron chi connectivity index (χ2n) is 3.17. The van der Waals surface area contributed by atoms with E-state index in [4.69, 9.17) is 9.88 Å². The highest BCUT2D eigenvalue weighted by atomic mass is 32.2. The van der Waals surface area contributed by atoms with E-state index in [9.17, 15) is 8.42 Å². The van der Waals surface area contributed by atoms with Crippen LogP contribution in [-0.4, -0.2) is 15.5 Å². The average Bonchev–Trinajstić information content (AvgIpc) is 1.99. The SMILES string of the molecule is COc1c(C)cc(OS(N)(=O)=O)cc1C. The van der Waals surface area contributed by atoms with Crippen molar-refractivity contribution in [2.24, 2.45) is 5.14 Å². The van der Waals surface area contributed by atoms with Crippen molar-refractivity contribution in [3.05, 3.63) is 23.3 Å². The number of aryl methyl sites for hydroxylation is 2. The van der Waals surface area contributed by atoms with E-state index in [1.54, 1.807) is 33.1 Å². The fourth-order valence-corrected chi connectivity index (χ4v) is 1.78. The van der Waals surface area contributed by atoms with Crippen molar-refractivity contribution in [1.29, 1.82) is 0 Å². The Labute approximate surface area is 89.1 Å². The summed E-state index contributed by atoms with van der Waals surface area (Å²) in [5.41, 5.74) is 1.58. The highest BCUT2D eigenvalue weighted by Crippen LogP contribution is 2.28. The lowest BCUT2D eigenvalue weighted by molar-refractivity contribution is 0.407. The van der Waals surface area contributed by atoms with E-state index >= 15 is 0 Å². The minimum atomic E-state index is -3.97. The van der Waals surface area contributed by atoms with Gasteiger partial charge in [0, 0.05) is 0 Å². The summed E-state index contributed by atoms with van der Waals surface area (Å²) >= 11 is 0. The number of nitrogens with two attached hydrogens (primary N) is 1. The third-order valence-electron chi connectivity index (χ3n) is 1.85. The lowest BCUT2D eigenvalue weighted by Crippen LogP contribution is -2.19. The molecule has 0 saturated carbocycles. The predicted molar refractivity (Wildman–Crippen MR) is 56.2 cm³/mol. The van der Waals surface area contributed by atoms with Crippen LogP contribution in [0, 0.1) is 13.8 Å². The Kier molecular flexibility index (Phi) is 3.21. The lowest BCUT2D eigenvalue weighted by Gasteiger charge is -2.10. The third-order valence-corrected chi connectivity index (χ3v) is 2.28. The predicted octanol–water partition coefficient (Wildman–Crippen LogP) is 0.894. The van der Waals surface area contributed by atoms with Crippen LogP contribution in [0.2, 0.25) is 0 Å². The fourth-order valence-electron chi connectivity index (χ4n) is 1.41. The molecule has 0 heterocycles. The maximum atomic E-state index is 10.7. The molecular formula is C9H13NO4S. The molecule has 0 aliphatic heterocycles. The molecule has 6 heteroatoms. The van der Waals surface area contributed by atoms with Crippen molar-refractivity contribution in [1.82, 2.24) is 0 Å². The van der Waals surface area contributed by atoms with Gasteiger partial charge in [-0.15, -0.1) is 0 Å². The van der Waals surface area contributed by atoms with E-state index in [-0.39, 0.29) is 5.75 Å². The van der Waals surface area contributed by atoms with E-state index in [0.717, 1.165) is 11.1 Å². The number of rotatable bonds is 3. The minimum absolute atomic E-state index is 0.188. The van der Waals surface area contributed by atoms with Gasteiger partial charge in [0.1, 0.15) is 11.5 Å². The van der Waals surface area contributed by atoms with Gasteiger partial charge < -0.3 is 8.92 Å². The molecule has 0 aromatic heterocycles. The first-order valence-electron chi connectivity index (χ1n) is 4.21. The van der Waals surface area contributed by atoms with Gasteiger partial charge in [-0.25, -0.2) is 0 Å². The van der Waals surface area contributed by atoms with Crippen molar-refractivity contribution in [3.63, 3.8) is 0 Å². The second-order valence-corrected chi connectivity index (χ2v) is 4.32. The van der Waals surface area contributed by atoms with Gasteiger partial charge in [-0.2, -0.15) is 13.6 Å². The summed E-state index contributed by atoms with van der Waals surface area (Å²) in [6.07, 6.45) is 0. The van der Waals surface area contributed by atoms with Crippen LogP contribution in [0.4, 0.5) is 0 Å². The van der Waals surface area contributed by atoms with Crippen LogP contribution in [0.25, 0.3) is 0 Å². The van der Waals surface area contributed by atoms with Gasteiger partial charge in [0.05, 0.1) is 7.11 Å². The molecule has 1 aromatic rings. The van der Waals surface area contributed by atoms with Crippen LogP contribution in [0.3, 0.4) is 0 Å². The van der Waals surface area contributed by atoms with Gasteiger partial charge in [-0.05, 0) is 37.1 Å². The molecule has 0 radical (unpaired) electrons. The molecule has 2 N–H and O–H groups in total. The first kappa shape index (κ1) is 11.8. The molecule has 0 bridgehead atoms. The summed E-state index contributed by atoms with van der Waals surface area (Å²) < 4.78 is 31.1. The van der Waals surface area contributed by atoms with Gasteiger partial charge in [-0.1, -0.05) is 0 Å². The van der Waals surface area contributed by atoms with E-state index < -0.39 is 10.3 Å². The molecule has 0 fully saturated rings. The molecule has 0 saturated heterocycles. The van der Waals surface area contributed by atoms with Gasteiger partial charge in [0.2, 0.25) is 0 Å². The molecule has 0 spiro atoms. The zero-order chi connectivity index (χ0) is 11.6. The Hall–Kier alpha value is -1.27. The van der Waals surface area contributed by atoms with Gasteiger partial charge in [0.15, 0.2) is 0 Å². The number of ether oxygens (including phenoxy) is 1. The highest BCUT2D eigenvalue weighted by Gasteiger charge is 2.10. The minimum Gasteiger partial charge on any atom is -0.496 e. The standard InChI is InChI=1S/C9H13NO4S/c1-6-4-8(14-15(10,11)12)5-7(2)9(6)13-3/h4-5H,1-3H3,(H2,10,11,12). The lowest BCUT2D eigenvalue weighted by atomic mass is 10.1.